The Morgan fingerprint density at radius 3 is 2.67 bits per heavy atom. The molecule has 1 heterocycles. The summed E-state index contributed by atoms with van der Waals surface area (Å²) in [4.78, 5) is 12.9. The van der Waals surface area contributed by atoms with Crippen molar-refractivity contribution in [1.29, 1.82) is 0 Å². The van der Waals surface area contributed by atoms with Crippen LogP contribution in [0.15, 0.2) is 11.4 Å². The highest BCUT2D eigenvalue weighted by Crippen LogP contribution is 2.15. The van der Waals surface area contributed by atoms with Gasteiger partial charge in [0, 0.05) is 16.7 Å². The molecule has 0 aromatic carbocycles. The van der Waals surface area contributed by atoms with Gasteiger partial charge >= 0.3 is 0 Å². The number of carbonyl (C=O) groups is 1. The number of thiophene rings is 1. The summed E-state index contributed by atoms with van der Waals surface area (Å²) in [6.07, 6.45) is 0.311. The van der Waals surface area contributed by atoms with Gasteiger partial charge in [-0.05, 0) is 30.9 Å². The Kier molecular flexibility index (Phi) is 5.34. The molecule has 1 aromatic rings. The number of rotatable bonds is 6. The minimum absolute atomic E-state index is 0.00212. The van der Waals surface area contributed by atoms with E-state index in [1.165, 1.54) is 0 Å². The van der Waals surface area contributed by atoms with Crippen LogP contribution in [0.25, 0.3) is 0 Å². The fraction of sp³-hybridized carbons (Fsp3) is 0.583. The van der Waals surface area contributed by atoms with Gasteiger partial charge in [0.05, 0.1) is 12.2 Å². The van der Waals surface area contributed by atoms with Crippen molar-refractivity contribution < 1.29 is 13.2 Å². The van der Waals surface area contributed by atoms with E-state index in [1.54, 1.807) is 25.2 Å². The van der Waals surface area contributed by atoms with Gasteiger partial charge in [-0.25, -0.2) is 8.42 Å². The van der Waals surface area contributed by atoms with Gasteiger partial charge in [0.2, 0.25) is 5.91 Å². The molecule has 1 atom stereocenters. The molecule has 0 aliphatic rings. The minimum Gasteiger partial charge on any atom is -0.352 e. The third kappa shape index (κ3) is 4.78. The van der Waals surface area contributed by atoms with E-state index in [0.29, 0.717) is 6.42 Å². The molecule has 0 aliphatic heterocycles. The highest BCUT2D eigenvalue weighted by atomic mass is 32.2. The molecular weight excluding hydrogens is 270 g/mol. The van der Waals surface area contributed by atoms with Crippen LogP contribution in [-0.4, -0.2) is 31.9 Å². The maximum Gasteiger partial charge on any atom is 0.224 e. The van der Waals surface area contributed by atoms with Gasteiger partial charge < -0.3 is 5.32 Å². The van der Waals surface area contributed by atoms with Crippen LogP contribution < -0.4 is 5.32 Å². The molecule has 1 amide bonds. The van der Waals surface area contributed by atoms with E-state index in [1.807, 2.05) is 18.4 Å². The summed E-state index contributed by atoms with van der Waals surface area (Å²) in [5, 5.41) is 4.67. The lowest BCUT2D eigenvalue weighted by molar-refractivity contribution is -0.120. The topological polar surface area (TPSA) is 63.2 Å². The average Bonchev–Trinajstić information content (AvgIpc) is 2.63. The molecule has 4 nitrogen and oxygen atoms in total. The molecule has 6 heteroatoms. The maximum atomic E-state index is 11.7. The second-order valence-corrected chi connectivity index (χ2v) is 7.86. The zero-order chi connectivity index (χ0) is 13.8. The summed E-state index contributed by atoms with van der Waals surface area (Å²) < 4.78 is 22.8. The Hall–Kier alpha value is -0.880. The van der Waals surface area contributed by atoms with Crippen molar-refractivity contribution in [1.82, 2.24) is 5.32 Å². The van der Waals surface area contributed by atoms with Crippen LogP contribution in [0.5, 0.6) is 0 Å². The molecule has 1 N–H and O–H groups in total. The smallest absolute Gasteiger partial charge is 0.224 e. The van der Waals surface area contributed by atoms with Crippen molar-refractivity contribution >= 4 is 27.1 Å². The van der Waals surface area contributed by atoms with Crippen LogP contribution in [0.3, 0.4) is 0 Å². The molecule has 0 bridgehead atoms. The Morgan fingerprint density at radius 2 is 2.17 bits per heavy atom. The number of hydrogen-bond donors (Lipinski definition) is 1. The summed E-state index contributed by atoms with van der Waals surface area (Å²) in [5.74, 6) is -0.0235. The molecule has 1 rings (SSSR count). The first-order chi connectivity index (χ1) is 8.34. The maximum absolute atomic E-state index is 11.7. The van der Waals surface area contributed by atoms with E-state index in [2.05, 4.69) is 5.32 Å². The van der Waals surface area contributed by atoms with Crippen LogP contribution in [0.4, 0.5) is 0 Å². The van der Waals surface area contributed by atoms with E-state index in [0.717, 1.165) is 10.4 Å². The molecular formula is C12H19NO3S2. The monoisotopic (exact) mass is 289 g/mol. The normalized spacial score (nSPS) is 13.3. The van der Waals surface area contributed by atoms with Crippen molar-refractivity contribution in [3.63, 3.8) is 0 Å². The van der Waals surface area contributed by atoms with E-state index in [-0.39, 0.29) is 23.5 Å². The van der Waals surface area contributed by atoms with Crippen LogP contribution in [-0.2, 0) is 21.1 Å². The predicted octanol–water partition coefficient (Wildman–Crippen LogP) is 1.54. The Bertz CT molecular complexity index is 505. The van der Waals surface area contributed by atoms with Gasteiger partial charge in [-0.2, -0.15) is 0 Å². The van der Waals surface area contributed by atoms with Crippen LogP contribution in [0, 0.1) is 6.92 Å². The number of sulfone groups is 1. The van der Waals surface area contributed by atoms with Gasteiger partial charge in [0.25, 0.3) is 0 Å². The van der Waals surface area contributed by atoms with Crippen LogP contribution in [0.1, 0.15) is 24.3 Å². The second-order valence-electron chi connectivity index (χ2n) is 4.35. The van der Waals surface area contributed by atoms with Crippen molar-refractivity contribution in [3.05, 3.63) is 21.9 Å². The van der Waals surface area contributed by atoms with Crippen LogP contribution in [0.2, 0.25) is 0 Å². The standard InChI is InChI=1S/C12H19NO3S2/c1-4-18(15,16)8-9(2)13-12(14)7-11-5-6-17-10(11)3/h5-6,9H,4,7-8H2,1-3H3,(H,13,14). The molecule has 1 aromatic heterocycles. The van der Waals surface area contributed by atoms with Crippen molar-refractivity contribution in [2.45, 2.75) is 33.2 Å². The average molecular weight is 289 g/mol. The Balaban J connectivity index is 2.48. The molecule has 0 spiro atoms. The summed E-state index contributed by atoms with van der Waals surface area (Å²) >= 11 is 1.60. The first kappa shape index (κ1) is 15.2. The number of amides is 1. The van der Waals surface area contributed by atoms with E-state index >= 15 is 0 Å². The molecule has 0 aliphatic carbocycles. The molecule has 102 valence electrons. The van der Waals surface area contributed by atoms with Gasteiger partial charge in [0.1, 0.15) is 0 Å². The highest BCUT2D eigenvalue weighted by molar-refractivity contribution is 7.91. The molecule has 1 unspecified atom stereocenters. The number of nitrogens with one attached hydrogen (secondary N) is 1. The fourth-order valence-corrected chi connectivity index (χ4v) is 3.44. The van der Waals surface area contributed by atoms with E-state index in [4.69, 9.17) is 0 Å². The number of hydrogen-bond acceptors (Lipinski definition) is 4. The fourth-order valence-electron chi connectivity index (χ4n) is 1.63. The van der Waals surface area contributed by atoms with E-state index in [9.17, 15) is 13.2 Å². The zero-order valence-corrected chi connectivity index (χ0v) is 12.5. The summed E-state index contributed by atoms with van der Waals surface area (Å²) in [6, 6.07) is 1.58. The van der Waals surface area contributed by atoms with Crippen molar-refractivity contribution in [2.24, 2.45) is 0 Å². The molecule has 0 radical (unpaired) electrons. The number of aryl methyl sites for hydroxylation is 1. The molecule has 0 saturated heterocycles. The van der Waals surface area contributed by atoms with Gasteiger partial charge in [-0.1, -0.05) is 6.92 Å². The first-order valence-electron chi connectivity index (χ1n) is 5.87. The lowest BCUT2D eigenvalue weighted by Gasteiger charge is -2.13. The zero-order valence-electron chi connectivity index (χ0n) is 10.9. The lowest BCUT2D eigenvalue weighted by atomic mass is 10.2. The van der Waals surface area contributed by atoms with Gasteiger partial charge in [-0.3, -0.25) is 4.79 Å². The Labute approximate surface area is 112 Å². The second kappa shape index (κ2) is 6.33. The largest absolute Gasteiger partial charge is 0.352 e. The van der Waals surface area contributed by atoms with E-state index < -0.39 is 9.84 Å². The summed E-state index contributed by atoms with van der Waals surface area (Å²) in [6.45, 7) is 5.29. The molecule has 0 saturated carbocycles. The SMILES string of the molecule is CCS(=O)(=O)CC(C)NC(=O)Cc1ccsc1C. The summed E-state index contributed by atoms with van der Waals surface area (Å²) in [5.41, 5.74) is 1.00. The van der Waals surface area contributed by atoms with Crippen LogP contribution >= 0.6 is 11.3 Å². The van der Waals surface area contributed by atoms with Crippen molar-refractivity contribution in [2.75, 3.05) is 11.5 Å². The Morgan fingerprint density at radius 1 is 1.50 bits per heavy atom. The molecule has 18 heavy (non-hydrogen) atoms. The van der Waals surface area contributed by atoms with Gasteiger partial charge in [-0.15, -0.1) is 11.3 Å². The predicted molar refractivity (Wildman–Crippen MR) is 74.7 cm³/mol. The van der Waals surface area contributed by atoms with Crippen molar-refractivity contribution in [3.8, 4) is 0 Å². The molecule has 0 fully saturated rings. The lowest BCUT2D eigenvalue weighted by Crippen LogP contribution is -2.38. The third-order valence-electron chi connectivity index (χ3n) is 2.67. The minimum atomic E-state index is -3.05. The quantitative estimate of drug-likeness (QED) is 0.864. The summed E-state index contributed by atoms with van der Waals surface area (Å²) in [7, 11) is -3.05. The first-order valence-corrected chi connectivity index (χ1v) is 8.57. The highest BCUT2D eigenvalue weighted by Gasteiger charge is 2.16. The number of carbonyl (C=O) groups excluding carboxylic acids is 1. The van der Waals surface area contributed by atoms with Gasteiger partial charge in [0.15, 0.2) is 9.84 Å². The third-order valence-corrected chi connectivity index (χ3v) is 5.44.